The summed E-state index contributed by atoms with van der Waals surface area (Å²) < 4.78 is 2.13. The monoisotopic (exact) mass is 328 g/mol. The molecule has 0 aliphatic rings. The fourth-order valence-electron chi connectivity index (χ4n) is 2.90. The van der Waals surface area contributed by atoms with E-state index in [0.29, 0.717) is 5.69 Å². The molecule has 4 aromatic rings. The molecule has 0 bridgehead atoms. The fourth-order valence-corrected chi connectivity index (χ4v) is 2.90. The summed E-state index contributed by atoms with van der Waals surface area (Å²) in [6, 6.07) is 25.1. The molecule has 3 aromatic carbocycles. The smallest absolute Gasteiger partial charge is 0.316 e. The Hall–Kier alpha value is -3.60. The lowest BCUT2D eigenvalue weighted by Gasteiger charge is -2.10. The van der Waals surface area contributed by atoms with Gasteiger partial charge in [-0.05, 0) is 48.5 Å². The Labute approximate surface area is 144 Å². The van der Waals surface area contributed by atoms with Crippen LogP contribution in [-0.2, 0) is 0 Å². The van der Waals surface area contributed by atoms with Crippen molar-refractivity contribution in [1.29, 1.82) is 0 Å². The van der Waals surface area contributed by atoms with E-state index >= 15 is 0 Å². The third-order valence-electron chi connectivity index (χ3n) is 3.99. The predicted octanol–water partition coefficient (Wildman–Crippen LogP) is 4.18. The van der Waals surface area contributed by atoms with Crippen LogP contribution < -0.4 is 11.1 Å². The first-order valence-electron chi connectivity index (χ1n) is 7.92. The number of benzene rings is 3. The molecule has 5 heteroatoms. The van der Waals surface area contributed by atoms with E-state index in [-0.39, 0.29) is 0 Å². The Morgan fingerprint density at radius 1 is 0.880 bits per heavy atom. The number of hydrogen-bond acceptors (Lipinski definition) is 2. The number of carbonyl (C=O) groups is 1. The van der Waals surface area contributed by atoms with Gasteiger partial charge in [-0.25, -0.2) is 9.78 Å². The molecule has 0 spiro atoms. The average Bonchev–Trinajstić information content (AvgIpc) is 3.02. The number of anilines is 1. The summed E-state index contributed by atoms with van der Waals surface area (Å²) in [7, 11) is 0. The minimum atomic E-state index is -0.579. The van der Waals surface area contributed by atoms with E-state index in [2.05, 4.69) is 28.1 Å². The first kappa shape index (κ1) is 15.0. The van der Waals surface area contributed by atoms with Crippen molar-refractivity contribution in [2.75, 3.05) is 5.32 Å². The van der Waals surface area contributed by atoms with Crippen LogP contribution in [0.25, 0.3) is 28.1 Å². The molecule has 3 N–H and O–H groups in total. The van der Waals surface area contributed by atoms with E-state index in [1.165, 1.54) is 0 Å². The van der Waals surface area contributed by atoms with Gasteiger partial charge in [-0.1, -0.05) is 30.3 Å². The zero-order chi connectivity index (χ0) is 17.2. The number of para-hydroxylation sites is 3. The van der Waals surface area contributed by atoms with Gasteiger partial charge in [0.25, 0.3) is 0 Å². The second kappa shape index (κ2) is 6.13. The number of urea groups is 1. The lowest BCUT2D eigenvalue weighted by molar-refractivity contribution is 0.259. The summed E-state index contributed by atoms with van der Waals surface area (Å²) in [5.74, 6) is 0.845. The molecular formula is C20H16N4O. The normalized spacial score (nSPS) is 10.7. The molecule has 0 fully saturated rings. The Kier molecular flexibility index (Phi) is 3.67. The first-order valence-corrected chi connectivity index (χ1v) is 7.92. The Morgan fingerprint density at radius 3 is 2.28 bits per heavy atom. The van der Waals surface area contributed by atoms with E-state index < -0.39 is 6.03 Å². The van der Waals surface area contributed by atoms with Gasteiger partial charge in [0.15, 0.2) is 0 Å². The molecular weight excluding hydrogens is 312 g/mol. The van der Waals surface area contributed by atoms with Crippen LogP contribution in [-0.4, -0.2) is 15.6 Å². The van der Waals surface area contributed by atoms with Crippen LogP contribution >= 0.6 is 0 Å². The highest BCUT2D eigenvalue weighted by Gasteiger charge is 2.13. The second-order valence-corrected chi connectivity index (χ2v) is 5.66. The molecule has 0 aliphatic carbocycles. The van der Waals surface area contributed by atoms with Crippen LogP contribution in [0, 0.1) is 0 Å². The van der Waals surface area contributed by atoms with E-state index in [1.54, 1.807) is 0 Å². The van der Waals surface area contributed by atoms with E-state index in [4.69, 9.17) is 10.7 Å². The van der Waals surface area contributed by atoms with Crippen LogP contribution in [0.1, 0.15) is 0 Å². The maximum atomic E-state index is 11.0. The number of carbonyl (C=O) groups excluding carboxylic acids is 1. The largest absolute Gasteiger partial charge is 0.351 e. The number of amides is 2. The Balaban J connectivity index is 1.88. The van der Waals surface area contributed by atoms with Crippen molar-refractivity contribution < 1.29 is 4.79 Å². The van der Waals surface area contributed by atoms with E-state index in [9.17, 15) is 4.79 Å². The number of nitrogens with zero attached hydrogens (tertiary/aromatic N) is 2. The predicted molar refractivity (Wildman–Crippen MR) is 99.7 cm³/mol. The Bertz CT molecular complexity index is 1040. The van der Waals surface area contributed by atoms with Crippen LogP contribution in [0.2, 0.25) is 0 Å². The van der Waals surface area contributed by atoms with Gasteiger partial charge >= 0.3 is 6.03 Å². The van der Waals surface area contributed by atoms with E-state index in [1.807, 2.05) is 60.7 Å². The lowest BCUT2D eigenvalue weighted by Crippen LogP contribution is -2.19. The van der Waals surface area contributed by atoms with Crippen molar-refractivity contribution in [3.63, 3.8) is 0 Å². The number of rotatable bonds is 3. The highest BCUT2D eigenvalue weighted by molar-refractivity contribution is 5.88. The number of nitrogens with one attached hydrogen (secondary N) is 1. The maximum absolute atomic E-state index is 11.0. The minimum absolute atomic E-state index is 0.579. The molecule has 0 atom stereocenters. The standard InChI is InChI=1S/C20H16N4O/c21-20(25)22-15-12-10-14(11-13-15)19-23-17-8-4-5-9-18(17)24(19)16-6-2-1-3-7-16/h1-13H,(H3,21,22,25). The second-order valence-electron chi connectivity index (χ2n) is 5.66. The summed E-state index contributed by atoms with van der Waals surface area (Å²) in [6.45, 7) is 0. The number of imidazole rings is 1. The molecule has 25 heavy (non-hydrogen) atoms. The van der Waals surface area contributed by atoms with Crippen LogP contribution in [0.15, 0.2) is 78.9 Å². The zero-order valence-electron chi connectivity index (χ0n) is 13.4. The molecule has 122 valence electrons. The summed E-state index contributed by atoms with van der Waals surface area (Å²) in [6.07, 6.45) is 0. The third-order valence-corrected chi connectivity index (χ3v) is 3.99. The van der Waals surface area contributed by atoms with Crippen molar-refractivity contribution in [2.45, 2.75) is 0 Å². The summed E-state index contributed by atoms with van der Waals surface area (Å²) in [5, 5.41) is 2.57. The van der Waals surface area contributed by atoms with Gasteiger partial charge in [0, 0.05) is 16.9 Å². The number of aromatic nitrogens is 2. The highest BCUT2D eigenvalue weighted by atomic mass is 16.2. The van der Waals surface area contributed by atoms with Crippen LogP contribution in [0.5, 0.6) is 0 Å². The average molecular weight is 328 g/mol. The topological polar surface area (TPSA) is 72.9 Å². The van der Waals surface area contributed by atoms with Gasteiger partial charge in [0.05, 0.1) is 11.0 Å². The SMILES string of the molecule is NC(=O)Nc1ccc(-c2nc3ccccc3n2-c2ccccc2)cc1. The maximum Gasteiger partial charge on any atom is 0.316 e. The van der Waals surface area contributed by atoms with Gasteiger partial charge < -0.3 is 11.1 Å². The van der Waals surface area contributed by atoms with Gasteiger partial charge in [-0.2, -0.15) is 0 Å². The third kappa shape index (κ3) is 2.83. The molecule has 5 nitrogen and oxygen atoms in total. The summed E-state index contributed by atoms with van der Waals surface area (Å²) in [5.41, 5.74) is 9.79. The van der Waals surface area contributed by atoms with Gasteiger partial charge in [-0.15, -0.1) is 0 Å². The van der Waals surface area contributed by atoms with Crippen molar-refractivity contribution in [1.82, 2.24) is 9.55 Å². The minimum Gasteiger partial charge on any atom is -0.351 e. The van der Waals surface area contributed by atoms with Crippen molar-refractivity contribution in [2.24, 2.45) is 5.73 Å². The van der Waals surface area contributed by atoms with Crippen molar-refractivity contribution in [3.8, 4) is 17.1 Å². The molecule has 1 heterocycles. The summed E-state index contributed by atoms with van der Waals surface area (Å²) >= 11 is 0. The summed E-state index contributed by atoms with van der Waals surface area (Å²) in [4.78, 5) is 15.8. The van der Waals surface area contributed by atoms with Gasteiger partial charge in [0.2, 0.25) is 0 Å². The van der Waals surface area contributed by atoms with Gasteiger partial charge in [0.1, 0.15) is 5.82 Å². The van der Waals surface area contributed by atoms with Crippen LogP contribution in [0.3, 0.4) is 0 Å². The molecule has 0 radical (unpaired) electrons. The van der Waals surface area contributed by atoms with Crippen LogP contribution in [0.4, 0.5) is 10.5 Å². The number of fused-ring (bicyclic) bond motifs is 1. The van der Waals surface area contributed by atoms with E-state index in [0.717, 1.165) is 28.1 Å². The molecule has 0 saturated carbocycles. The number of nitrogens with two attached hydrogens (primary N) is 1. The zero-order valence-corrected chi connectivity index (χ0v) is 13.4. The Morgan fingerprint density at radius 2 is 1.56 bits per heavy atom. The van der Waals surface area contributed by atoms with Crippen molar-refractivity contribution >= 4 is 22.8 Å². The number of hydrogen-bond donors (Lipinski definition) is 2. The number of primary amides is 1. The molecule has 0 saturated heterocycles. The quantitative estimate of drug-likeness (QED) is 0.592. The fraction of sp³-hybridized carbons (Fsp3) is 0. The van der Waals surface area contributed by atoms with Gasteiger partial charge in [-0.3, -0.25) is 4.57 Å². The molecule has 0 aliphatic heterocycles. The lowest BCUT2D eigenvalue weighted by atomic mass is 10.2. The molecule has 0 unspecified atom stereocenters. The van der Waals surface area contributed by atoms with Crippen molar-refractivity contribution in [3.05, 3.63) is 78.9 Å². The highest BCUT2D eigenvalue weighted by Crippen LogP contribution is 2.29. The molecule has 4 rings (SSSR count). The first-order chi connectivity index (χ1) is 12.2. The molecule has 1 aromatic heterocycles. The molecule has 2 amide bonds.